The Bertz CT molecular complexity index is 1330. The van der Waals surface area contributed by atoms with E-state index in [1.165, 1.54) is 39.0 Å². The minimum atomic E-state index is -2.19. The van der Waals surface area contributed by atoms with E-state index in [4.69, 9.17) is 9.47 Å². The van der Waals surface area contributed by atoms with Gasteiger partial charge in [0.25, 0.3) is 0 Å². The first-order valence-corrected chi connectivity index (χ1v) is 15.9. The minimum absolute atomic E-state index is 0.0220. The smallest absolute Gasteiger partial charge is 0.407 e. The lowest BCUT2D eigenvalue weighted by Gasteiger charge is -2.20. The molecule has 0 radical (unpaired) electrons. The number of amides is 1. The standard InChI is InChI=1S/C27H32F4N2O6Si/c1-27(2,3)39-25(36)17(24(35)16-12-18(28)22(30)23(31)21(16)29)14-32-19-8-7-15(11-20(19)34)13-33-26(37)38-9-10-40(4,5)6/h7-8,11-12,14,34-35H,9-10,13H2,1-6H3,(H,33,37). The lowest BCUT2D eigenvalue weighted by molar-refractivity contribution is -0.149. The van der Waals surface area contributed by atoms with Crippen LogP contribution in [0.1, 0.15) is 31.9 Å². The maximum absolute atomic E-state index is 14.3. The number of ether oxygens (including phenoxy) is 2. The molecule has 0 heterocycles. The molecule has 0 bridgehead atoms. The van der Waals surface area contributed by atoms with Crippen molar-refractivity contribution in [2.24, 2.45) is 4.99 Å². The van der Waals surface area contributed by atoms with Gasteiger partial charge in [-0.2, -0.15) is 0 Å². The highest BCUT2D eigenvalue weighted by Crippen LogP contribution is 2.29. The summed E-state index contributed by atoms with van der Waals surface area (Å²) in [4.78, 5) is 28.5. The maximum atomic E-state index is 14.3. The van der Waals surface area contributed by atoms with Crippen LogP contribution in [-0.2, 0) is 20.8 Å². The third-order valence-electron chi connectivity index (χ3n) is 5.13. The molecular formula is C27H32F4N2O6Si. The van der Waals surface area contributed by atoms with Crippen molar-refractivity contribution in [1.82, 2.24) is 5.32 Å². The summed E-state index contributed by atoms with van der Waals surface area (Å²) < 4.78 is 65.5. The maximum Gasteiger partial charge on any atom is 0.407 e. The normalized spacial score (nSPS) is 12.8. The van der Waals surface area contributed by atoms with Gasteiger partial charge < -0.3 is 25.0 Å². The first kappa shape index (κ1) is 32.3. The number of alkyl carbamates (subject to hydrolysis) is 1. The topological polar surface area (TPSA) is 117 Å². The van der Waals surface area contributed by atoms with Crippen LogP contribution in [0, 0.1) is 23.3 Å². The van der Waals surface area contributed by atoms with Gasteiger partial charge in [-0.25, -0.2) is 27.2 Å². The number of esters is 1. The molecule has 3 N–H and O–H groups in total. The summed E-state index contributed by atoms with van der Waals surface area (Å²) in [5.41, 5.74) is -2.71. The van der Waals surface area contributed by atoms with Crippen LogP contribution < -0.4 is 5.32 Å². The fourth-order valence-electron chi connectivity index (χ4n) is 3.03. The lowest BCUT2D eigenvalue weighted by atomic mass is 10.1. The summed E-state index contributed by atoms with van der Waals surface area (Å²) in [5.74, 6) is -10.9. The van der Waals surface area contributed by atoms with Crippen LogP contribution in [0.3, 0.4) is 0 Å². The van der Waals surface area contributed by atoms with Gasteiger partial charge in [-0.1, -0.05) is 25.7 Å². The average molecular weight is 585 g/mol. The van der Waals surface area contributed by atoms with E-state index < -0.39 is 71.7 Å². The molecule has 8 nitrogen and oxygen atoms in total. The molecule has 0 atom stereocenters. The summed E-state index contributed by atoms with van der Waals surface area (Å²) in [5, 5.41) is 23.5. The van der Waals surface area contributed by atoms with Gasteiger partial charge in [0.2, 0.25) is 0 Å². The minimum Gasteiger partial charge on any atom is -0.506 e. The number of nitrogens with zero attached hydrogens (tertiary/aromatic N) is 1. The molecular weight excluding hydrogens is 552 g/mol. The summed E-state index contributed by atoms with van der Waals surface area (Å²) in [7, 11) is -1.36. The quantitative estimate of drug-likeness (QED) is 0.0451. The number of rotatable bonds is 9. The van der Waals surface area contributed by atoms with E-state index in [2.05, 4.69) is 30.0 Å². The van der Waals surface area contributed by atoms with Crippen molar-refractivity contribution in [3.8, 4) is 5.75 Å². The number of nitrogens with one attached hydrogen (secondary N) is 1. The molecule has 40 heavy (non-hydrogen) atoms. The Morgan fingerprint density at radius 2 is 1.70 bits per heavy atom. The van der Waals surface area contributed by atoms with Gasteiger partial charge in [0.05, 0.1) is 12.2 Å². The molecule has 2 aromatic carbocycles. The van der Waals surface area contributed by atoms with E-state index in [1.807, 2.05) is 0 Å². The Kier molecular flexibility index (Phi) is 10.5. The van der Waals surface area contributed by atoms with Gasteiger partial charge in [0, 0.05) is 20.8 Å². The molecule has 0 aliphatic carbocycles. The predicted octanol–water partition coefficient (Wildman–Crippen LogP) is 6.53. The number of phenolic OH excluding ortho intramolecular Hbond substituents is 1. The highest BCUT2D eigenvalue weighted by Gasteiger charge is 2.27. The third-order valence-corrected chi connectivity index (χ3v) is 6.83. The number of aliphatic hydroxyl groups is 1. The Morgan fingerprint density at radius 1 is 1.05 bits per heavy atom. The molecule has 0 unspecified atom stereocenters. The number of benzene rings is 2. The summed E-state index contributed by atoms with van der Waals surface area (Å²) in [6, 6.07) is 5.07. The highest BCUT2D eigenvalue weighted by molar-refractivity contribution is 6.76. The predicted molar refractivity (Wildman–Crippen MR) is 144 cm³/mol. The van der Waals surface area contributed by atoms with Gasteiger partial charge in [0.15, 0.2) is 23.3 Å². The fraction of sp³-hybridized carbons (Fsp3) is 0.370. The second-order valence-electron chi connectivity index (χ2n) is 11.0. The third kappa shape index (κ3) is 9.40. The number of carbonyl (C=O) groups excluding carboxylic acids is 2. The van der Waals surface area contributed by atoms with Crippen LogP contribution in [0.25, 0.3) is 5.76 Å². The zero-order valence-electron chi connectivity index (χ0n) is 23.0. The number of hydrogen-bond acceptors (Lipinski definition) is 7. The average Bonchev–Trinajstić information content (AvgIpc) is 2.82. The second kappa shape index (κ2) is 13.0. The zero-order chi connectivity index (χ0) is 30.4. The fourth-order valence-corrected chi connectivity index (χ4v) is 3.75. The molecule has 0 aliphatic rings. The van der Waals surface area contributed by atoms with E-state index in [1.54, 1.807) is 0 Å². The largest absolute Gasteiger partial charge is 0.506 e. The number of hydrogen-bond donors (Lipinski definition) is 3. The molecule has 218 valence electrons. The number of aliphatic hydroxyl groups excluding tert-OH is 1. The summed E-state index contributed by atoms with van der Waals surface area (Å²) >= 11 is 0. The number of carbonyl (C=O) groups is 2. The van der Waals surface area contributed by atoms with E-state index >= 15 is 0 Å². The van der Waals surface area contributed by atoms with Gasteiger partial charge in [-0.05, 0) is 50.6 Å². The Hall–Kier alpha value is -3.87. The van der Waals surface area contributed by atoms with Crippen LogP contribution in [-0.4, -0.2) is 48.8 Å². The van der Waals surface area contributed by atoms with Crippen molar-refractivity contribution in [3.05, 3.63) is 64.2 Å². The van der Waals surface area contributed by atoms with Crippen molar-refractivity contribution in [2.45, 2.75) is 58.6 Å². The lowest BCUT2D eigenvalue weighted by Crippen LogP contribution is -2.27. The van der Waals surface area contributed by atoms with E-state index in [0.717, 1.165) is 6.04 Å². The first-order valence-electron chi connectivity index (χ1n) is 12.2. The molecule has 0 aliphatic heterocycles. The molecule has 0 aromatic heterocycles. The van der Waals surface area contributed by atoms with Crippen LogP contribution in [0.5, 0.6) is 5.75 Å². The molecule has 2 aromatic rings. The monoisotopic (exact) mass is 584 g/mol. The van der Waals surface area contributed by atoms with Crippen molar-refractivity contribution < 1.29 is 46.8 Å². The van der Waals surface area contributed by atoms with Crippen molar-refractivity contribution in [3.63, 3.8) is 0 Å². The molecule has 2 rings (SSSR count). The van der Waals surface area contributed by atoms with Gasteiger partial charge >= 0.3 is 12.1 Å². The summed E-state index contributed by atoms with van der Waals surface area (Å²) in [6.07, 6.45) is 0.0774. The van der Waals surface area contributed by atoms with Crippen LogP contribution >= 0.6 is 0 Å². The van der Waals surface area contributed by atoms with E-state index in [0.29, 0.717) is 18.4 Å². The van der Waals surface area contributed by atoms with Crippen molar-refractivity contribution in [2.75, 3.05) is 6.61 Å². The number of aliphatic imine (C=N–C) groups is 1. The molecule has 0 saturated carbocycles. The van der Waals surface area contributed by atoms with Crippen LogP contribution in [0.2, 0.25) is 25.7 Å². The number of phenols is 1. The van der Waals surface area contributed by atoms with Gasteiger partial charge in [-0.15, -0.1) is 0 Å². The van der Waals surface area contributed by atoms with Crippen molar-refractivity contribution >= 4 is 37.8 Å². The molecule has 0 fully saturated rings. The van der Waals surface area contributed by atoms with Crippen LogP contribution in [0.15, 0.2) is 34.8 Å². The first-order chi connectivity index (χ1) is 18.4. The Labute approximate surface area is 230 Å². The van der Waals surface area contributed by atoms with E-state index in [-0.39, 0.29) is 18.3 Å². The molecule has 1 amide bonds. The Morgan fingerprint density at radius 3 is 2.27 bits per heavy atom. The SMILES string of the molecule is CC(C)(C)OC(=O)C(C=Nc1ccc(CNC(=O)OCC[Si](C)(C)C)cc1O)=C(O)c1cc(F)c(F)c(F)c1F. The Balaban J connectivity index is 2.32. The number of aromatic hydroxyl groups is 1. The second-order valence-corrected chi connectivity index (χ2v) is 16.6. The molecule has 0 spiro atoms. The van der Waals surface area contributed by atoms with Crippen molar-refractivity contribution in [1.29, 1.82) is 0 Å². The van der Waals surface area contributed by atoms with E-state index in [9.17, 15) is 37.4 Å². The van der Waals surface area contributed by atoms with Gasteiger partial charge in [-0.3, -0.25) is 4.99 Å². The molecule has 0 saturated heterocycles. The summed E-state index contributed by atoms with van der Waals surface area (Å²) in [6.45, 7) is 11.2. The van der Waals surface area contributed by atoms with Crippen LogP contribution in [0.4, 0.5) is 28.0 Å². The van der Waals surface area contributed by atoms with Gasteiger partial charge in [0.1, 0.15) is 28.4 Å². The number of halogens is 4. The molecule has 13 heteroatoms. The zero-order valence-corrected chi connectivity index (χ0v) is 24.0. The highest BCUT2D eigenvalue weighted by atomic mass is 28.3.